The lowest BCUT2D eigenvalue weighted by Gasteiger charge is -2.18. The van der Waals surface area contributed by atoms with Gasteiger partial charge in [-0.15, -0.1) is 11.3 Å². The van der Waals surface area contributed by atoms with E-state index < -0.39 is 6.61 Å². The van der Waals surface area contributed by atoms with Crippen LogP contribution >= 0.6 is 11.3 Å². The molecule has 0 unspecified atom stereocenters. The molecule has 4 rings (SSSR count). The Kier molecular flexibility index (Phi) is 5.31. The lowest BCUT2D eigenvalue weighted by atomic mass is 10.2. The number of amides is 1. The number of hydrogen-bond acceptors (Lipinski definition) is 5. The number of hydrogen-bond donors (Lipinski definition) is 0. The maximum atomic E-state index is 12.9. The van der Waals surface area contributed by atoms with Gasteiger partial charge in [0.15, 0.2) is 0 Å². The number of ether oxygens (including phenoxy) is 1. The summed E-state index contributed by atoms with van der Waals surface area (Å²) >= 11 is 1.56. The van der Waals surface area contributed by atoms with E-state index >= 15 is 0 Å². The molecule has 3 aromatic rings. The number of carbonyl (C=O) groups is 1. The van der Waals surface area contributed by atoms with Gasteiger partial charge in [0, 0.05) is 18.5 Å². The third-order valence-electron chi connectivity index (χ3n) is 4.99. The van der Waals surface area contributed by atoms with Gasteiger partial charge in [0.25, 0.3) is 5.56 Å². The van der Waals surface area contributed by atoms with Crippen LogP contribution in [0.4, 0.5) is 8.78 Å². The minimum atomic E-state index is -2.88. The zero-order valence-electron chi connectivity index (χ0n) is 15.7. The van der Waals surface area contributed by atoms with E-state index in [0.29, 0.717) is 5.39 Å². The van der Waals surface area contributed by atoms with Crippen LogP contribution < -0.4 is 10.3 Å². The summed E-state index contributed by atoms with van der Waals surface area (Å²) in [6, 6.07) is 6.10. The van der Waals surface area contributed by atoms with Crippen molar-refractivity contribution in [1.29, 1.82) is 0 Å². The number of alkyl halides is 2. The molecule has 1 aliphatic rings. The maximum absolute atomic E-state index is 12.9. The van der Waals surface area contributed by atoms with E-state index in [0.717, 1.165) is 35.2 Å². The van der Waals surface area contributed by atoms with Crippen molar-refractivity contribution in [3.63, 3.8) is 0 Å². The van der Waals surface area contributed by atoms with Gasteiger partial charge in [-0.25, -0.2) is 4.98 Å². The minimum absolute atomic E-state index is 0.0620. The summed E-state index contributed by atoms with van der Waals surface area (Å²) in [7, 11) is 1.63. The third-order valence-corrected chi connectivity index (χ3v) is 6.19. The van der Waals surface area contributed by atoms with Crippen LogP contribution in [0.15, 0.2) is 35.4 Å². The predicted molar refractivity (Wildman–Crippen MR) is 105 cm³/mol. The fraction of sp³-hybridized carbons (Fsp3) is 0.350. The zero-order valence-corrected chi connectivity index (χ0v) is 16.5. The zero-order chi connectivity index (χ0) is 20.5. The Labute approximate surface area is 169 Å². The van der Waals surface area contributed by atoms with Crippen molar-refractivity contribution in [1.82, 2.24) is 14.5 Å². The van der Waals surface area contributed by atoms with Gasteiger partial charge in [0.05, 0.1) is 11.7 Å². The van der Waals surface area contributed by atoms with Crippen LogP contribution in [0.2, 0.25) is 0 Å². The average molecular weight is 419 g/mol. The van der Waals surface area contributed by atoms with Gasteiger partial charge >= 0.3 is 6.61 Å². The highest BCUT2D eigenvalue weighted by Gasteiger charge is 2.22. The number of aromatic nitrogens is 2. The van der Waals surface area contributed by atoms with Crippen LogP contribution in [-0.4, -0.2) is 34.0 Å². The molecule has 1 aromatic carbocycles. The predicted octanol–water partition coefficient (Wildman–Crippen LogP) is 3.21. The van der Waals surface area contributed by atoms with Crippen molar-refractivity contribution in [2.24, 2.45) is 0 Å². The number of halogens is 2. The van der Waals surface area contributed by atoms with Crippen molar-refractivity contribution < 1.29 is 18.3 Å². The van der Waals surface area contributed by atoms with Gasteiger partial charge in [-0.3, -0.25) is 14.2 Å². The SMILES string of the molecule is CN(Cc1ccc(OC(F)F)cc1)C(=O)Cn1cnc2sc3c(c2c1=O)CCC3. The van der Waals surface area contributed by atoms with E-state index in [2.05, 4.69) is 9.72 Å². The first-order valence-corrected chi connectivity index (χ1v) is 10.0. The highest BCUT2D eigenvalue weighted by Crippen LogP contribution is 2.34. The molecule has 0 radical (unpaired) electrons. The minimum Gasteiger partial charge on any atom is -0.435 e. The smallest absolute Gasteiger partial charge is 0.387 e. The first kappa shape index (κ1) is 19.5. The maximum Gasteiger partial charge on any atom is 0.387 e. The number of rotatable bonds is 6. The Morgan fingerprint density at radius 1 is 1.31 bits per heavy atom. The van der Waals surface area contributed by atoms with Gasteiger partial charge in [0.2, 0.25) is 5.91 Å². The molecule has 0 saturated carbocycles. The summed E-state index contributed by atoms with van der Waals surface area (Å²) in [6.07, 6.45) is 4.35. The van der Waals surface area contributed by atoms with E-state index in [1.165, 1.54) is 32.8 Å². The monoisotopic (exact) mass is 419 g/mol. The molecule has 0 atom stereocenters. The largest absolute Gasteiger partial charge is 0.435 e. The van der Waals surface area contributed by atoms with Gasteiger partial charge in [-0.1, -0.05) is 12.1 Å². The fourth-order valence-corrected chi connectivity index (χ4v) is 4.76. The van der Waals surface area contributed by atoms with Crippen LogP contribution in [0, 0.1) is 0 Å². The van der Waals surface area contributed by atoms with Crippen LogP contribution in [0.1, 0.15) is 22.4 Å². The van der Waals surface area contributed by atoms with Gasteiger partial charge in [-0.05, 0) is 42.5 Å². The van der Waals surface area contributed by atoms with Gasteiger partial charge in [0.1, 0.15) is 17.1 Å². The molecule has 0 bridgehead atoms. The standard InChI is InChI=1S/C20H19F2N3O3S/c1-24(9-12-5-7-13(8-6-12)28-20(21)22)16(26)10-25-11-23-18-17(19(25)27)14-3-2-4-15(14)29-18/h5-8,11,20H,2-4,9-10H2,1H3. The molecule has 152 valence electrons. The van der Waals surface area contributed by atoms with Crippen molar-refractivity contribution in [2.45, 2.75) is 39.0 Å². The fourth-order valence-electron chi connectivity index (χ4n) is 3.54. The Morgan fingerprint density at radius 2 is 2.07 bits per heavy atom. The van der Waals surface area contributed by atoms with E-state index in [4.69, 9.17) is 0 Å². The highest BCUT2D eigenvalue weighted by atomic mass is 32.1. The highest BCUT2D eigenvalue weighted by molar-refractivity contribution is 7.18. The molecule has 0 fully saturated rings. The number of nitrogens with zero attached hydrogens (tertiary/aromatic N) is 3. The Balaban J connectivity index is 1.46. The molecule has 0 spiro atoms. The second-order valence-corrected chi connectivity index (χ2v) is 8.07. The average Bonchev–Trinajstić information content (AvgIpc) is 3.26. The summed E-state index contributed by atoms with van der Waals surface area (Å²) < 4.78 is 30.1. The van der Waals surface area contributed by atoms with E-state index in [9.17, 15) is 18.4 Å². The lowest BCUT2D eigenvalue weighted by molar-refractivity contribution is -0.131. The second kappa shape index (κ2) is 7.90. The van der Waals surface area contributed by atoms with E-state index in [-0.39, 0.29) is 30.3 Å². The lowest BCUT2D eigenvalue weighted by Crippen LogP contribution is -2.33. The first-order valence-electron chi connectivity index (χ1n) is 9.20. The molecule has 6 nitrogen and oxygen atoms in total. The Hall–Kier alpha value is -2.81. The van der Waals surface area contributed by atoms with Gasteiger partial charge < -0.3 is 9.64 Å². The summed E-state index contributed by atoms with van der Waals surface area (Å²) in [4.78, 5) is 33.3. The number of likely N-dealkylation sites (N-methyl/N-ethyl adjacent to an activating group) is 1. The second-order valence-electron chi connectivity index (χ2n) is 6.99. The number of fused-ring (bicyclic) bond motifs is 3. The van der Waals surface area contributed by atoms with Crippen molar-refractivity contribution in [2.75, 3.05) is 7.05 Å². The summed E-state index contributed by atoms with van der Waals surface area (Å²) in [5.41, 5.74) is 1.67. The molecule has 2 aromatic heterocycles. The van der Waals surface area contributed by atoms with Crippen LogP contribution in [-0.2, 0) is 30.7 Å². The van der Waals surface area contributed by atoms with Crippen molar-refractivity contribution >= 4 is 27.5 Å². The van der Waals surface area contributed by atoms with Crippen LogP contribution in [0.25, 0.3) is 10.2 Å². The van der Waals surface area contributed by atoms with Gasteiger partial charge in [-0.2, -0.15) is 8.78 Å². The summed E-state index contributed by atoms with van der Waals surface area (Å²) in [6.45, 7) is -2.69. The number of benzene rings is 1. The molecule has 0 saturated heterocycles. The molecule has 1 amide bonds. The molecule has 0 N–H and O–H groups in total. The Morgan fingerprint density at radius 3 is 2.79 bits per heavy atom. The molecule has 2 heterocycles. The van der Waals surface area contributed by atoms with E-state index in [1.54, 1.807) is 30.5 Å². The molecule has 29 heavy (non-hydrogen) atoms. The van der Waals surface area contributed by atoms with Crippen LogP contribution in [0.3, 0.4) is 0 Å². The van der Waals surface area contributed by atoms with Crippen molar-refractivity contribution in [3.8, 4) is 5.75 Å². The number of carbonyl (C=O) groups excluding carboxylic acids is 1. The first-order chi connectivity index (χ1) is 13.9. The molecule has 0 aliphatic heterocycles. The number of aryl methyl sites for hydroxylation is 2. The molecular weight excluding hydrogens is 400 g/mol. The molecule has 1 aliphatic carbocycles. The van der Waals surface area contributed by atoms with E-state index in [1.807, 2.05) is 0 Å². The normalized spacial score (nSPS) is 13.1. The number of thiophene rings is 1. The topological polar surface area (TPSA) is 64.4 Å². The van der Waals surface area contributed by atoms with Crippen molar-refractivity contribution in [3.05, 3.63) is 57.0 Å². The Bertz CT molecular complexity index is 1110. The molecule has 9 heteroatoms. The summed E-state index contributed by atoms with van der Waals surface area (Å²) in [5, 5.41) is 0.648. The summed E-state index contributed by atoms with van der Waals surface area (Å²) in [5.74, 6) is -0.181. The third kappa shape index (κ3) is 4.00. The quantitative estimate of drug-likeness (QED) is 0.616. The molecular formula is C20H19F2N3O3S. The van der Waals surface area contributed by atoms with Crippen LogP contribution in [0.5, 0.6) is 5.75 Å².